The summed E-state index contributed by atoms with van der Waals surface area (Å²) in [6, 6.07) is 5.04. The molecular weight excluding hydrogens is 365 g/mol. The average Bonchev–Trinajstić information content (AvgIpc) is 3.07. The Bertz CT molecular complexity index is 956. The molecule has 0 aliphatic rings. The quantitative estimate of drug-likeness (QED) is 0.696. The maximum atomic E-state index is 12.9. The fraction of sp³-hybridized carbons (Fsp3) is 0.267. The molecule has 0 aliphatic heterocycles. The van der Waals surface area contributed by atoms with Gasteiger partial charge in [0.1, 0.15) is 17.1 Å². The lowest BCUT2D eigenvalue weighted by atomic mass is 10.2. The number of hydrogen-bond donors (Lipinski definition) is 2. The van der Waals surface area contributed by atoms with Crippen LogP contribution in [0.15, 0.2) is 24.4 Å². The minimum absolute atomic E-state index is 0.0176. The highest BCUT2D eigenvalue weighted by atomic mass is 19.4. The van der Waals surface area contributed by atoms with Crippen LogP contribution in [0, 0.1) is 0 Å². The molecule has 3 rings (SSSR count). The van der Waals surface area contributed by atoms with Crippen LogP contribution in [0.1, 0.15) is 5.56 Å². The van der Waals surface area contributed by atoms with Crippen molar-refractivity contribution in [1.29, 1.82) is 0 Å². The number of benzene rings is 1. The van der Waals surface area contributed by atoms with Crippen LogP contribution in [0.25, 0.3) is 11.4 Å². The Balaban J connectivity index is 1.91. The van der Waals surface area contributed by atoms with E-state index in [0.29, 0.717) is 29.0 Å². The lowest BCUT2D eigenvalue weighted by Crippen LogP contribution is -2.12. The third-order valence-electron chi connectivity index (χ3n) is 3.55. The van der Waals surface area contributed by atoms with Crippen LogP contribution in [-0.4, -0.2) is 44.3 Å². The zero-order valence-corrected chi connectivity index (χ0v) is 14.5. The molecule has 0 spiro atoms. The molecule has 0 radical (unpaired) electrons. The van der Waals surface area contributed by atoms with Crippen molar-refractivity contribution in [3.63, 3.8) is 0 Å². The van der Waals surface area contributed by atoms with E-state index in [1.54, 1.807) is 25.2 Å². The van der Waals surface area contributed by atoms with Crippen molar-refractivity contribution in [3.05, 3.63) is 30.0 Å². The van der Waals surface area contributed by atoms with Crippen LogP contribution in [0.2, 0.25) is 0 Å². The Labute approximate surface area is 151 Å². The molecule has 0 saturated carbocycles. The number of aromatic nitrogens is 6. The molecule has 0 amide bonds. The molecule has 0 aliphatic carbocycles. The monoisotopic (exact) mass is 380 g/mol. The molecule has 142 valence electrons. The highest BCUT2D eigenvalue weighted by Gasteiger charge is 2.35. The van der Waals surface area contributed by atoms with Gasteiger partial charge < -0.3 is 15.4 Å². The van der Waals surface area contributed by atoms with E-state index < -0.39 is 11.7 Å². The van der Waals surface area contributed by atoms with Crippen molar-refractivity contribution >= 4 is 17.5 Å². The summed E-state index contributed by atoms with van der Waals surface area (Å²) in [5, 5.41) is 17.1. The summed E-state index contributed by atoms with van der Waals surface area (Å²) in [5.41, 5.74) is 0.174. The van der Waals surface area contributed by atoms with Crippen LogP contribution in [0.3, 0.4) is 0 Å². The summed E-state index contributed by atoms with van der Waals surface area (Å²) in [5.74, 6) is 0.468. The second-order valence-electron chi connectivity index (χ2n) is 5.35. The van der Waals surface area contributed by atoms with Crippen LogP contribution >= 0.6 is 0 Å². The molecule has 12 heteroatoms. The van der Waals surface area contributed by atoms with E-state index >= 15 is 0 Å². The zero-order chi connectivity index (χ0) is 19.6. The lowest BCUT2D eigenvalue weighted by Gasteiger charge is -2.14. The van der Waals surface area contributed by atoms with Gasteiger partial charge in [-0.1, -0.05) is 0 Å². The molecule has 9 nitrogen and oxygen atoms in total. The Morgan fingerprint density at radius 2 is 2.00 bits per heavy atom. The minimum Gasteiger partial charge on any atom is -0.495 e. The number of rotatable bonds is 5. The Morgan fingerprint density at radius 3 is 2.59 bits per heavy atom. The first-order valence-electron chi connectivity index (χ1n) is 7.63. The number of anilines is 3. The Morgan fingerprint density at radius 1 is 1.22 bits per heavy atom. The van der Waals surface area contributed by atoms with Gasteiger partial charge in [0.25, 0.3) is 0 Å². The average molecular weight is 380 g/mol. The third kappa shape index (κ3) is 3.88. The number of halogens is 3. The highest BCUT2D eigenvalue weighted by Crippen LogP contribution is 2.35. The van der Waals surface area contributed by atoms with E-state index in [4.69, 9.17) is 4.74 Å². The summed E-state index contributed by atoms with van der Waals surface area (Å²) in [7, 11) is 4.45. The van der Waals surface area contributed by atoms with Crippen molar-refractivity contribution in [1.82, 2.24) is 30.2 Å². The normalized spacial score (nSPS) is 11.3. The molecule has 2 aromatic heterocycles. The van der Waals surface area contributed by atoms with Gasteiger partial charge in [-0.15, -0.1) is 10.2 Å². The van der Waals surface area contributed by atoms with Crippen molar-refractivity contribution in [2.75, 3.05) is 24.8 Å². The predicted molar refractivity (Wildman–Crippen MR) is 90.6 cm³/mol. The smallest absolute Gasteiger partial charge is 0.421 e. The van der Waals surface area contributed by atoms with Crippen molar-refractivity contribution in [2.45, 2.75) is 6.18 Å². The van der Waals surface area contributed by atoms with Gasteiger partial charge in [0.05, 0.1) is 19.8 Å². The van der Waals surface area contributed by atoms with Crippen molar-refractivity contribution in [2.24, 2.45) is 7.05 Å². The number of nitrogens with zero attached hydrogens (tertiary/aromatic N) is 6. The molecule has 1 aromatic carbocycles. The van der Waals surface area contributed by atoms with Crippen LogP contribution < -0.4 is 15.4 Å². The number of tetrazole rings is 1. The number of ether oxygens (including phenoxy) is 1. The summed E-state index contributed by atoms with van der Waals surface area (Å²) in [4.78, 5) is 8.92. The molecule has 0 unspecified atom stereocenters. The van der Waals surface area contributed by atoms with Gasteiger partial charge in [0.2, 0.25) is 11.8 Å². The molecule has 0 saturated heterocycles. The van der Waals surface area contributed by atoms with E-state index in [1.807, 2.05) is 0 Å². The number of nitrogens with one attached hydrogen (secondary N) is 2. The minimum atomic E-state index is -4.56. The van der Waals surface area contributed by atoms with Gasteiger partial charge in [0.15, 0.2) is 0 Å². The van der Waals surface area contributed by atoms with Crippen molar-refractivity contribution in [3.8, 4) is 17.1 Å². The first-order valence-corrected chi connectivity index (χ1v) is 7.63. The fourth-order valence-electron chi connectivity index (χ4n) is 2.29. The van der Waals surface area contributed by atoms with Gasteiger partial charge in [-0.3, -0.25) is 0 Å². The van der Waals surface area contributed by atoms with E-state index in [9.17, 15) is 13.2 Å². The van der Waals surface area contributed by atoms with Crippen LogP contribution in [-0.2, 0) is 13.2 Å². The summed E-state index contributed by atoms with van der Waals surface area (Å²) >= 11 is 0. The molecule has 0 atom stereocenters. The molecule has 2 N–H and O–H groups in total. The first-order chi connectivity index (χ1) is 12.8. The summed E-state index contributed by atoms with van der Waals surface area (Å²) < 4.78 is 44.1. The van der Waals surface area contributed by atoms with Gasteiger partial charge in [-0.05, 0) is 23.4 Å². The lowest BCUT2D eigenvalue weighted by molar-refractivity contribution is -0.137. The molecule has 0 fully saturated rings. The second-order valence-corrected chi connectivity index (χ2v) is 5.35. The van der Waals surface area contributed by atoms with E-state index in [-0.39, 0.29) is 11.8 Å². The molecule has 27 heavy (non-hydrogen) atoms. The molecular formula is C15H15F3N8O. The zero-order valence-electron chi connectivity index (χ0n) is 14.5. The Kier molecular flexibility index (Phi) is 4.79. The highest BCUT2D eigenvalue weighted by molar-refractivity contribution is 5.70. The molecule has 0 bridgehead atoms. The largest absolute Gasteiger partial charge is 0.495 e. The third-order valence-corrected chi connectivity index (χ3v) is 3.55. The first kappa shape index (κ1) is 18.4. The van der Waals surface area contributed by atoms with E-state index in [1.165, 1.54) is 19.0 Å². The maximum absolute atomic E-state index is 12.9. The second kappa shape index (κ2) is 7.05. The molecule has 3 aromatic rings. The number of alkyl halides is 3. The summed E-state index contributed by atoms with van der Waals surface area (Å²) in [6.45, 7) is 0. The van der Waals surface area contributed by atoms with Gasteiger partial charge in [-0.2, -0.15) is 23.0 Å². The van der Waals surface area contributed by atoms with Crippen molar-refractivity contribution < 1.29 is 17.9 Å². The van der Waals surface area contributed by atoms with Crippen LogP contribution in [0.5, 0.6) is 5.75 Å². The number of aryl methyl sites for hydroxylation is 1. The molecule has 2 heterocycles. The van der Waals surface area contributed by atoms with Gasteiger partial charge in [0, 0.05) is 18.8 Å². The number of hydrogen-bond acceptors (Lipinski definition) is 8. The fourth-order valence-corrected chi connectivity index (χ4v) is 2.29. The van der Waals surface area contributed by atoms with E-state index in [2.05, 4.69) is 36.0 Å². The topological polar surface area (TPSA) is 103 Å². The Hall–Kier alpha value is -3.44. The predicted octanol–water partition coefficient (Wildman–Crippen LogP) is 2.48. The standard InChI is InChI=1S/C15H15F3N8O/c1-19-13-9(15(16,17)18)7-20-14(22-13)21-10-5-4-8(6-11(10)27-3)12-23-25-26(2)24-12/h4-7H,1-3H3,(H2,19,20,21,22). The maximum Gasteiger partial charge on any atom is 0.421 e. The van der Waals surface area contributed by atoms with E-state index in [0.717, 1.165) is 0 Å². The van der Waals surface area contributed by atoms with Crippen LogP contribution in [0.4, 0.5) is 30.6 Å². The SMILES string of the molecule is CNc1nc(Nc2ccc(-c3nnn(C)n3)cc2OC)ncc1C(F)(F)F. The summed E-state index contributed by atoms with van der Waals surface area (Å²) in [6.07, 6.45) is -3.84. The van der Waals surface area contributed by atoms with Gasteiger partial charge in [-0.25, -0.2) is 4.98 Å². The number of methoxy groups -OCH3 is 1. The van der Waals surface area contributed by atoms with Gasteiger partial charge >= 0.3 is 6.18 Å².